The zero-order valence-electron chi connectivity index (χ0n) is 11.6. The van der Waals surface area contributed by atoms with E-state index >= 15 is 0 Å². The first-order chi connectivity index (χ1) is 7.52. The Kier molecular flexibility index (Phi) is 8.90. The van der Waals surface area contributed by atoms with Crippen LogP contribution >= 0.6 is 0 Å². The van der Waals surface area contributed by atoms with Gasteiger partial charge in [0.25, 0.3) is 0 Å². The molecular formula is C13H29NO2. The van der Waals surface area contributed by atoms with Gasteiger partial charge in [0.15, 0.2) is 0 Å². The van der Waals surface area contributed by atoms with E-state index in [4.69, 9.17) is 9.47 Å². The fourth-order valence-corrected chi connectivity index (χ4v) is 1.76. The third-order valence-corrected chi connectivity index (χ3v) is 2.95. The van der Waals surface area contributed by atoms with Crippen LogP contribution in [0.1, 0.15) is 33.6 Å². The molecule has 0 radical (unpaired) electrons. The van der Waals surface area contributed by atoms with Gasteiger partial charge < -0.3 is 14.8 Å². The molecule has 0 aliphatic carbocycles. The van der Waals surface area contributed by atoms with Crippen LogP contribution in [0.3, 0.4) is 0 Å². The predicted molar refractivity (Wildman–Crippen MR) is 68.8 cm³/mol. The van der Waals surface area contributed by atoms with Crippen molar-refractivity contribution in [3.63, 3.8) is 0 Å². The third-order valence-electron chi connectivity index (χ3n) is 2.95. The van der Waals surface area contributed by atoms with Crippen LogP contribution in [0.2, 0.25) is 0 Å². The minimum Gasteiger partial charge on any atom is -0.382 e. The highest BCUT2D eigenvalue weighted by molar-refractivity contribution is 4.75. The largest absolute Gasteiger partial charge is 0.382 e. The molecule has 0 aliphatic heterocycles. The third kappa shape index (κ3) is 8.08. The lowest BCUT2D eigenvalue weighted by atomic mass is 9.78. The molecule has 0 amide bonds. The Balaban J connectivity index is 3.61. The summed E-state index contributed by atoms with van der Waals surface area (Å²) in [6.45, 7) is 10.3. The van der Waals surface area contributed by atoms with Gasteiger partial charge in [-0.15, -0.1) is 0 Å². The van der Waals surface area contributed by atoms with E-state index in [-0.39, 0.29) is 0 Å². The molecule has 0 saturated carbocycles. The summed E-state index contributed by atoms with van der Waals surface area (Å²) in [5.41, 5.74) is 0.371. The van der Waals surface area contributed by atoms with Crippen LogP contribution in [0.4, 0.5) is 0 Å². The zero-order valence-corrected chi connectivity index (χ0v) is 11.6. The van der Waals surface area contributed by atoms with E-state index in [1.165, 1.54) is 6.42 Å². The topological polar surface area (TPSA) is 30.5 Å². The van der Waals surface area contributed by atoms with E-state index in [1.807, 2.05) is 7.05 Å². The fraction of sp³-hybridized carbons (Fsp3) is 1.00. The van der Waals surface area contributed by atoms with Gasteiger partial charge in [0.05, 0.1) is 13.2 Å². The minimum atomic E-state index is 0.371. The van der Waals surface area contributed by atoms with Gasteiger partial charge in [-0.25, -0.2) is 0 Å². The van der Waals surface area contributed by atoms with Crippen LogP contribution in [0.25, 0.3) is 0 Å². The van der Waals surface area contributed by atoms with E-state index < -0.39 is 0 Å². The summed E-state index contributed by atoms with van der Waals surface area (Å²) in [6.07, 6.45) is 2.35. The van der Waals surface area contributed by atoms with Crippen molar-refractivity contribution in [3.8, 4) is 0 Å². The Bertz CT molecular complexity index is 155. The molecule has 0 aliphatic rings. The first-order valence-electron chi connectivity index (χ1n) is 6.23. The van der Waals surface area contributed by atoms with Gasteiger partial charge in [-0.2, -0.15) is 0 Å². The molecule has 1 atom stereocenters. The molecule has 0 aromatic carbocycles. The van der Waals surface area contributed by atoms with Crippen molar-refractivity contribution >= 4 is 0 Å². The van der Waals surface area contributed by atoms with Crippen molar-refractivity contribution in [2.45, 2.75) is 33.6 Å². The quantitative estimate of drug-likeness (QED) is 0.618. The van der Waals surface area contributed by atoms with E-state index in [9.17, 15) is 0 Å². The maximum absolute atomic E-state index is 5.47. The number of methoxy groups -OCH3 is 1. The molecule has 0 aromatic rings. The molecule has 3 nitrogen and oxygen atoms in total. The predicted octanol–water partition coefficient (Wildman–Crippen LogP) is 2.31. The average molecular weight is 231 g/mol. The Morgan fingerprint density at radius 2 is 1.81 bits per heavy atom. The van der Waals surface area contributed by atoms with Gasteiger partial charge >= 0.3 is 0 Å². The van der Waals surface area contributed by atoms with E-state index in [1.54, 1.807) is 7.11 Å². The summed E-state index contributed by atoms with van der Waals surface area (Å²) in [4.78, 5) is 0. The van der Waals surface area contributed by atoms with Crippen LogP contribution < -0.4 is 5.32 Å². The van der Waals surface area contributed by atoms with Crippen LogP contribution in [0.15, 0.2) is 0 Å². The highest BCUT2D eigenvalue weighted by Gasteiger charge is 2.23. The zero-order chi connectivity index (χ0) is 12.4. The number of hydrogen-bond donors (Lipinski definition) is 1. The molecule has 0 saturated heterocycles. The van der Waals surface area contributed by atoms with Gasteiger partial charge in [-0.1, -0.05) is 20.8 Å². The molecule has 0 bridgehead atoms. The van der Waals surface area contributed by atoms with Crippen molar-refractivity contribution < 1.29 is 9.47 Å². The van der Waals surface area contributed by atoms with Crippen LogP contribution in [0, 0.1) is 11.3 Å². The summed E-state index contributed by atoms with van der Waals surface area (Å²) in [5.74, 6) is 0.712. The van der Waals surface area contributed by atoms with E-state index in [0.29, 0.717) is 24.5 Å². The number of ether oxygens (including phenoxy) is 2. The SMILES string of the molecule is CNCC(CCCOCCOC)C(C)(C)C. The second-order valence-electron chi connectivity index (χ2n) is 5.37. The normalized spacial score (nSPS) is 14.1. The summed E-state index contributed by atoms with van der Waals surface area (Å²) in [7, 11) is 3.72. The summed E-state index contributed by atoms with van der Waals surface area (Å²) in [6, 6.07) is 0. The molecular weight excluding hydrogens is 202 g/mol. The Morgan fingerprint density at radius 3 is 2.31 bits per heavy atom. The van der Waals surface area contributed by atoms with Gasteiger partial charge in [-0.05, 0) is 37.8 Å². The van der Waals surface area contributed by atoms with Crippen LogP contribution in [-0.4, -0.2) is 40.5 Å². The molecule has 1 unspecified atom stereocenters. The standard InChI is InChI=1S/C13H29NO2/c1-13(2,3)12(11-14-4)7-6-8-16-10-9-15-5/h12,14H,6-11H2,1-5H3. The average Bonchev–Trinajstić information content (AvgIpc) is 2.20. The van der Waals surface area contributed by atoms with Gasteiger partial charge in [0.1, 0.15) is 0 Å². The second-order valence-corrected chi connectivity index (χ2v) is 5.37. The number of rotatable bonds is 9. The van der Waals surface area contributed by atoms with E-state index in [0.717, 1.165) is 19.6 Å². The first-order valence-corrected chi connectivity index (χ1v) is 6.23. The summed E-state index contributed by atoms with van der Waals surface area (Å²) < 4.78 is 10.4. The Labute approximate surface area is 101 Å². The molecule has 16 heavy (non-hydrogen) atoms. The van der Waals surface area contributed by atoms with Crippen LogP contribution in [-0.2, 0) is 9.47 Å². The number of hydrogen-bond acceptors (Lipinski definition) is 3. The molecule has 0 fully saturated rings. The minimum absolute atomic E-state index is 0.371. The van der Waals surface area contributed by atoms with Gasteiger partial charge in [0, 0.05) is 13.7 Å². The Morgan fingerprint density at radius 1 is 1.12 bits per heavy atom. The first kappa shape index (κ1) is 15.9. The number of nitrogens with one attached hydrogen (secondary N) is 1. The van der Waals surface area contributed by atoms with Crippen molar-refractivity contribution in [3.05, 3.63) is 0 Å². The van der Waals surface area contributed by atoms with E-state index in [2.05, 4.69) is 26.1 Å². The molecule has 0 spiro atoms. The lowest BCUT2D eigenvalue weighted by Crippen LogP contribution is -2.30. The van der Waals surface area contributed by atoms with Crippen molar-refractivity contribution in [2.75, 3.05) is 40.5 Å². The van der Waals surface area contributed by atoms with Crippen LogP contribution in [0.5, 0.6) is 0 Å². The summed E-state index contributed by atoms with van der Waals surface area (Å²) >= 11 is 0. The summed E-state index contributed by atoms with van der Waals surface area (Å²) in [5, 5.41) is 3.27. The lowest BCUT2D eigenvalue weighted by molar-refractivity contribution is 0.0643. The highest BCUT2D eigenvalue weighted by Crippen LogP contribution is 2.28. The van der Waals surface area contributed by atoms with Gasteiger partial charge in [-0.3, -0.25) is 0 Å². The molecule has 0 aromatic heterocycles. The molecule has 0 heterocycles. The second kappa shape index (κ2) is 8.97. The molecule has 3 heteroatoms. The molecule has 1 N–H and O–H groups in total. The fourth-order valence-electron chi connectivity index (χ4n) is 1.76. The molecule has 98 valence electrons. The highest BCUT2D eigenvalue weighted by atomic mass is 16.5. The maximum Gasteiger partial charge on any atom is 0.0700 e. The van der Waals surface area contributed by atoms with Crippen molar-refractivity contribution in [2.24, 2.45) is 11.3 Å². The van der Waals surface area contributed by atoms with Crippen molar-refractivity contribution in [1.29, 1.82) is 0 Å². The molecule has 0 rings (SSSR count). The smallest absolute Gasteiger partial charge is 0.0700 e. The monoisotopic (exact) mass is 231 g/mol. The van der Waals surface area contributed by atoms with Gasteiger partial charge in [0.2, 0.25) is 0 Å². The van der Waals surface area contributed by atoms with Crippen molar-refractivity contribution in [1.82, 2.24) is 5.32 Å². The lowest BCUT2D eigenvalue weighted by Gasteiger charge is -2.30. The Hall–Kier alpha value is -0.120. The maximum atomic E-state index is 5.47.